The van der Waals surface area contributed by atoms with E-state index in [2.05, 4.69) is 25.5 Å². The Bertz CT molecular complexity index is 684. The third-order valence-electron chi connectivity index (χ3n) is 3.84. The second-order valence-electron chi connectivity index (χ2n) is 5.60. The minimum atomic E-state index is -0.283. The number of carbonyl (C=O) groups excluding carboxylic acids is 1. The van der Waals surface area contributed by atoms with E-state index in [9.17, 15) is 4.79 Å². The molecule has 1 saturated heterocycles. The van der Waals surface area contributed by atoms with Crippen molar-refractivity contribution < 1.29 is 9.53 Å². The molecule has 7 heteroatoms. The SMILES string of the molecule is Cc1cccnc1NC(=O)NCc1ccc(N2CCOCC2)nc1. The summed E-state index contributed by atoms with van der Waals surface area (Å²) in [7, 11) is 0. The molecule has 0 atom stereocenters. The zero-order valence-corrected chi connectivity index (χ0v) is 13.7. The van der Waals surface area contributed by atoms with Crippen LogP contribution < -0.4 is 15.5 Å². The molecule has 2 aromatic heterocycles. The number of carbonyl (C=O) groups is 1. The van der Waals surface area contributed by atoms with Gasteiger partial charge in [0.05, 0.1) is 13.2 Å². The zero-order valence-electron chi connectivity index (χ0n) is 13.7. The number of hydrogen-bond donors (Lipinski definition) is 2. The first-order valence-electron chi connectivity index (χ1n) is 7.96. The van der Waals surface area contributed by atoms with Crippen molar-refractivity contribution in [3.8, 4) is 0 Å². The van der Waals surface area contributed by atoms with Gasteiger partial charge in [-0.2, -0.15) is 0 Å². The first-order valence-corrected chi connectivity index (χ1v) is 7.96. The van der Waals surface area contributed by atoms with Crippen molar-refractivity contribution >= 4 is 17.7 Å². The summed E-state index contributed by atoms with van der Waals surface area (Å²) in [4.78, 5) is 22.7. The molecular formula is C17H21N5O2. The van der Waals surface area contributed by atoms with E-state index in [-0.39, 0.29) is 6.03 Å². The zero-order chi connectivity index (χ0) is 16.8. The molecule has 0 aromatic carbocycles. The lowest BCUT2D eigenvalue weighted by Crippen LogP contribution is -2.36. The molecule has 126 valence electrons. The van der Waals surface area contributed by atoms with E-state index in [1.807, 2.05) is 31.2 Å². The molecule has 1 aliphatic heterocycles. The Morgan fingerprint density at radius 2 is 2.08 bits per heavy atom. The van der Waals surface area contributed by atoms with Crippen LogP contribution in [-0.2, 0) is 11.3 Å². The van der Waals surface area contributed by atoms with E-state index in [0.29, 0.717) is 12.4 Å². The fourth-order valence-corrected chi connectivity index (χ4v) is 2.45. The van der Waals surface area contributed by atoms with Crippen molar-refractivity contribution in [3.63, 3.8) is 0 Å². The third kappa shape index (κ3) is 4.20. The lowest BCUT2D eigenvalue weighted by Gasteiger charge is -2.27. The van der Waals surface area contributed by atoms with Gasteiger partial charge >= 0.3 is 6.03 Å². The van der Waals surface area contributed by atoms with E-state index in [1.165, 1.54) is 0 Å². The summed E-state index contributed by atoms with van der Waals surface area (Å²) < 4.78 is 5.34. The van der Waals surface area contributed by atoms with Crippen molar-refractivity contribution in [2.24, 2.45) is 0 Å². The normalized spacial score (nSPS) is 14.3. The number of nitrogens with zero attached hydrogens (tertiary/aromatic N) is 3. The highest BCUT2D eigenvalue weighted by Gasteiger charge is 2.12. The van der Waals surface area contributed by atoms with Crippen LogP contribution >= 0.6 is 0 Å². The second-order valence-corrected chi connectivity index (χ2v) is 5.60. The van der Waals surface area contributed by atoms with Gasteiger partial charge in [0.25, 0.3) is 0 Å². The standard InChI is InChI=1S/C17H21N5O2/c1-13-3-2-6-18-16(13)21-17(23)20-12-14-4-5-15(19-11-14)22-7-9-24-10-8-22/h2-6,11H,7-10,12H2,1H3,(H2,18,20,21,23). The van der Waals surface area contributed by atoms with Crippen LogP contribution in [0, 0.1) is 6.92 Å². The number of morpholine rings is 1. The Balaban J connectivity index is 1.51. The summed E-state index contributed by atoms with van der Waals surface area (Å²) in [5.41, 5.74) is 1.86. The summed E-state index contributed by atoms with van der Waals surface area (Å²) in [5, 5.41) is 5.55. The van der Waals surface area contributed by atoms with Gasteiger partial charge in [-0.15, -0.1) is 0 Å². The lowest BCUT2D eigenvalue weighted by atomic mass is 10.2. The van der Waals surface area contributed by atoms with Crippen LogP contribution in [0.1, 0.15) is 11.1 Å². The fourth-order valence-electron chi connectivity index (χ4n) is 2.45. The van der Waals surface area contributed by atoms with Gasteiger partial charge < -0.3 is 15.0 Å². The maximum Gasteiger partial charge on any atom is 0.320 e. The smallest absolute Gasteiger partial charge is 0.320 e. The molecular weight excluding hydrogens is 306 g/mol. The van der Waals surface area contributed by atoms with Crippen molar-refractivity contribution in [2.45, 2.75) is 13.5 Å². The molecule has 0 spiro atoms. The van der Waals surface area contributed by atoms with E-state index < -0.39 is 0 Å². The maximum atomic E-state index is 11.9. The monoisotopic (exact) mass is 327 g/mol. The van der Waals surface area contributed by atoms with Crippen molar-refractivity contribution in [2.75, 3.05) is 36.5 Å². The van der Waals surface area contributed by atoms with Crippen molar-refractivity contribution in [3.05, 3.63) is 47.8 Å². The Morgan fingerprint density at radius 3 is 2.79 bits per heavy atom. The van der Waals surface area contributed by atoms with Crippen LogP contribution in [0.25, 0.3) is 0 Å². The van der Waals surface area contributed by atoms with Gasteiger partial charge in [0.2, 0.25) is 0 Å². The number of rotatable bonds is 4. The molecule has 3 rings (SSSR count). The molecule has 1 fully saturated rings. The quantitative estimate of drug-likeness (QED) is 0.897. The fraction of sp³-hybridized carbons (Fsp3) is 0.353. The number of pyridine rings is 2. The predicted molar refractivity (Wildman–Crippen MR) is 92.1 cm³/mol. The third-order valence-corrected chi connectivity index (χ3v) is 3.84. The van der Waals surface area contributed by atoms with Crippen LogP contribution in [0.5, 0.6) is 0 Å². The molecule has 1 aliphatic rings. The highest BCUT2D eigenvalue weighted by atomic mass is 16.5. The Morgan fingerprint density at radius 1 is 1.25 bits per heavy atom. The number of aryl methyl sites for hydroxylation is 1. The number of nitrogens with one attached hydrogen (secondary N) is 2. The van der Waals surface area contributed by atoms with Gasteiger partial charge in [-0.05, 0) is 30.2 Å². The number of aromatic nitrogens is 2. The minimum Gasteiger partial charge on any atom is -0.378 e. The van der Waals surface area contributed by atoms with Crippen LogP contribution in [0.15, 0.2) is 36.7 Å². The topological polar surface area (TPSA) is 79.4 Å². The van der Waals surface area contributed by atoms with Crippen LogP contribution in [-0.4, -0.2) is 42.3 Å². The molecule has 24 heavy (non-hydrogen) atoms. The number of amides is 2. The molecule has 2 N–H and O–H groups in total. The van der Waals surface area contributed by atoms with E-state index in [0.717, 1.165) is 43.2 Å². The molecule has 2 aromatic rings. The van der Waals surface area contributed by atoms with E-state index >= 15 is 0 Å². The summed E-state index contributed by atoms with van der Waals surface area (Å²) in [6, 6.07) is 7.40. The highest BCUT2D eigenvalue weighted by Crippen LogP contribution is 2.13. The summed E-state index contributed by atoms with van der Waals surface area (Å²) in [6.45, 7) is 5.49. The molecule has 0 aliphatic carbocycles. The van der Waals surface area contributed by atoms with Crippen molar-refractivity contribution in [1.29, 1.82) is 0 Å². The van der Waals surface area contributed by atoms with Gasteiger partial charge in [-0.25, -0.2) is 14.8 Å². The molecule has 2 amide bonds. The van der Waals surface area contributed by atoms with Crippen LogP contribution in [0.3, 0.4) is 0 Å². The van der Waals surface area contributed by atoms with Gasteiger partial charge in [0.1, 0.15) is 11.6 Å². The summed E-state index contributed by atoms with van der Waals surface area (Å²) in [5.74, 6) is 1.51. The molecule has 0 bridgehead atoms. The average Bonchev–Trinajstić information content (AvgIpc) is 2.63. The number of anilines is 2. The highest BCUT2D eigenvalue weighted by molar-refractivity contribution is 5.88. The number of urea groups is 1. The molecule has 0 unspecified atom stereocenters. The molecule has 0 saturated carbocycles. The number of hydrogen-bond acceptors (Lipinski definition) is 5. The molecule has 3 heterocycles. The van der Waals surface area contributed by atoms with Crippen LogP contribution in [0.2, 0.25) is 0 Å². The Labute approximate surface area is 141 Å². The molecule has 0 radical (unpaired) electrons. The van der Waals surface area contributed by atoms with Gasteiger partial charge in [0.15, 0.2) is 0 Å². The summed E-state index contributed by atoms with van der Waals surface area (Å²) in [6.07, 6.45) is 3.44. The molecule has 7 nitrogen and oxygen atoms in total. The number of ether oxygens (including phenoxy) is 1. The lowest BCUT2D eigenvalue weighted by molar-refractivity contribution is 0.122. The average molecular weight is 327 g/mol. The minimum absolute atomic E-state index is 0.283. The van der Waals surface area contributed by atoms with Gasteiger partial charge in [-0.3, -0.25) is 5.32 Å². The van der Waals surface area contributed by atoms with Crippen molar-refractivity contribution in [1.82, 2.24) is 15.3 Å². The van der Waals surface area contributed by atoms with E-state index in [1.54, 1.807) is 12.4 Å². The van der Waals surface area contributed by atoms with Crippen LogP contribution in [0.4, 0.5) is 16.4 Å². The van der Waals surface area contributed by atoms with Gasteiger partial charge in [0, 0.05) is 32.0 Å². The first-order chi connectivity index (χ1) is 11.7. The Kier molecular flexibility index (Phi) is 5.22. The first kappa shape index (κ1) is 16.2. The largest absolute Gasteiger partial charge is 0.378 e. The summed E-state index contributed by atoms with van der Waals surface area (Å²) >= 11 is 0. The maximum absolute atomic E-state index is 11.9. The second kappa shape index (κ2) is 7.74. The van der Waals surface area contributed by atoms with Gasteiger partial charge in [-0.1, -0.05) is 12.1 Å². The predicted octanol–water partition coefficient (Wildman–Crippen LogP) is 1.94. The Hall–Kier alpha value is -2.67. The van der Waals surface area contributed by atoms with E-state index in [4.69, 9.17) is 4.74 Å².